The highest BCUT2D eigenvalue weighted by Gasteiger charge is 2.21. The molecule has 1 aromatic heterocycles. The van der Waals surface area contributed by atoms with E-state index in [-0.39, 0.29) is 0 Å². The van der Waals surface area contributed by atoms with Crippen molar-refractivity contribution in [3.63, 3.8) is 0 Å². The number of rotatable bonds is 3. The molecule has 0 spiro atoms. The molecular weight excluding hydrogens is 513 g/mol. The Morgan fingerprint density at radius 1 is 0.341 bits per heavy atom. The van der Waals surface area contributed by atoms with Gasteiger partial charge in [-0.05, 0) is 83.9 Å². The highest BCUT2D eigenvalue weighted by molar-refractivity contribution is 7.26. The van der Waals surface area contributed by atoms with Crippen LogP contribution in [0.4, 0.5) is 0 Å². The van der Waals surface area contributed by atoms with Crippen molar-refractivity contribution in [1.29, 1.82) is 0 Å². The molecule has 0 radical (unpaired) electrons. The predicted octanol–water partition coefficient (Wildman–Crippen LogP) is 12.0. The van der Waals surface area contributed by atoms with Crippen LogP contribution in [0.3, 0.4) is 0 Å². The molecular formula is C40H24S. The number of hydrogen-bond acceptors (Lipinski definition) is 1. The third-order valence-electron chi connectivity index (χ3n) is 8.63. The summed E-state index contributed by atoms with van der Waals surface area (Å²) < 4.78 is 2.72. The first kappa shape index (κ1) is 22.8. The SMILES string of the molecule is c1ccc(-c2ccccc2-c2c3ccccc3c(-c3cc4cccc5sc6cccc3c6c45)c3ccccc23)cc1. The van der Waals surface area contributed by atoms with Gasteiger partial charge in [0.2, 0.25) is 0 Å². The molecule has 0 amide bonds. The van der Waals surface area contributed by atoms with Crippen LogP contribution < -0.4 is 0 Å². The van der Waals surface area contributed by atoms with Crippen LogP contribution in [0.2, 0.25) is 0 Å². The fourth-order valence-corrected chi connectivity index (χ4v) is 8.12. The van der Waals surface area contributed by atoms with Crippen molar-refractivity contribution in [2.45, 2.75) is 0 Å². The van der Waals surface area contributed by atoms with Gasteiger partial charge in [-0.1, -0.05) is 127 Å². The Morgan fingerprint density at radius 3 is 1.54 bits per heavy atom. The van der Waals surface area contributed by atoms with Gasteiger partial charge in [0.15, 0.2) is 0 Å². The van der Waals surface area contributed by atoms with Gasteiger partial charge in [0.1, 0.15) is 0 Å². The van der Waals surface area contributed by atoms with Gasteiger partial charge in [-0.25, -0.2) is 0 Å². The van der Waals surface area contributed by atoms with Gasteiger partial charge in [0, 0.05) is 20.2 Å². The minimum absolute atomic E-state index is 1.24. The lowest BCUT2D eigenvalue weighted by molar-refractivity contribution is 1.61. The Balaban J connectivity index is 1.46. The van der Waals surface area contributed by atoms with Crippen molar-refractivity contribution < 1.29 is 0 Å². The zero-order valence-corrected chi connectivity index (χ0v) is 23.1. The van der Waals surface area contributed by atoms with Crippen LogP contribution in [0.5, 0.6) is 0 Å². The molecule has 1 heterocycles. The first-order valence-corrected chi connectivity index (χ1v) is 14.9. The predicted molar refractivity (Wildman–Crippen MR) is 179 cm³/mol. The molecule has 0 fully saturated rings. The van der Waals surface area contributed by atoms with E-state index in [2.05, 4.69) is 146 Å². The summed E-state index contributed by atoms with van der Waals surface area (Å²) in [4.78, 5) is 0. The van der Waals surface area contributed by atoms with Gasteiger partial charge in [-0.15, -0.1) is 11.3 Å². The Labute approximate surface area is 242 Å². The maximum Gasteiger partial charge on any atom is 0.0361 e. The van der Waals surface area contributed by atoms with Gasteiger partial charge in [0.05, 0.1) is 0 Å². The molecule has 0 aliphatic carbocycles. The summed E-state index contributed by atoms with van der Waals surface area (Å²) in [5.41, 5.74) is 7.69. The quantitative estimate of drug-likeness (QED) is 0.156. The third-order valence-corrected chi connectivity index (χ3v) is 9.75. The summed E-state index contributed by atoms with van der Waals surface area (Å²) in [6.07, 6.45) is 0. The molecule has 9 aromatic rings. The van der Waals surface area contributed by atoms with Crippen molar-refractivity contribution in [1.82, 2.24) is 0 Å². The second kappa shape index (κ2) is 8.76. The summed E-state index contributed by atoms with van der Waals surface area (Å²) in [5.74, 6) is 0. The summed E-state index contributed by atoms with van der Waals surface area (Å²) in [5, 5.41) is 10.6. The van der Waals surface area contributed by atoms with E-state index < -0.39 is 0 Å². The molecule has 8 aromatic carbocycles. The van der Waals surface area contributed by atoms with E-state index in [0.717, 1.165) is 0 Å². The molecule has 0 aliphatic rings. The summed E-state index contributed by atoms with van der Waals surface area (Å²) in [7, 11) is 0. The van der Waals surface area contributed by atoms with Crippen LogP contribution in [0.1, 0.15) is 0 Å². The maximum absolute atomic E-state index is 2.43. The molecule has 0 aliphatic heterocycles. The second-order valence-corrected chi connectivity index (χ2v) is 11.9. The molecule has 0 saturated heterocycles. The van der Waals surface area contributed by atoms with Crippen LogP contribution in [-0.4, -0.2) is 0 Å². The molecule has 0 nitrogen and oxygen atoms in total. The smallest absolute Gasteiger partial charge is 0.0361 e. The third kappa shape index (κ3) is 3.27. The van der Waals surface area contributed by atoms with Crippen molar-refractivity contribution >= 4 is 63.8 Å². The first-order valence-electron chi connectivity index (χ1n) is 14.1. The molecule has 0 atom stereocenters. The second-order valence-electron chi connectivity index (χ2n) is 10.8. The normalized spacial score (nSPS) is 11.9. The van der Waals surface area contributed by atoms with E-state index in [1.807, 2.05) is 11.3 Å². The van der Waals surface area contributed by atoms with Crippen LogP contribution in [-0.2, 0) is 0 Å². The van der Waals surface area contributed by atoms with Gasteiger partial charge in [-0.2, -0.15) is 0 Å². The van der Waals surface area contributed by atoms with Crippen molar-refractivity contribution in [2.75, 3.05) is 0 Å². The lowest BCUT2D eigenvalue weighted by Gasteiger charge is -2.20. The van der Waals surface area contributed by atoms with Gasteiger partial charge >= 0.3 is 0 Å². The van der Waals surface area contributed by atoms with Gasteiger partial charge in [0.25, 0.3) is 0 Å². The molecule has 9 rings (SSSR count). The standard InChI is InChI=1S/C40H24S/c1-2-12-25(13-3-1)27-15-4-5-16-28(27)38-29-17-6-8-19-31(29)39(32-20-9-7-18-30(32)38)34-24-26-14-10-22-35-37(26)40-33(34)21-11-23-36(40)41-35/h1-24H. The Bertz CT molecular complexity index is 2350. The molecule has 1 heteroatoms. The summed E-state index contributed by atoms with van der Waals surface area (Å²) >= 11 is 1.90. The van der Waals surface area contributed by atoms with Crippen LogP contribution >= 0.6 is 11.3 Å². The topological polar surface area (TPSA) is 0 Å². The Hall–Kier alpha value is -4.98. The van der Waals surface area contributed by atoms with E-state index in [1.165, 1.54) is 85.9 Å². The highest BCUT2D eigenvalue weighted by atomic mass is 32.1. The average molecular weight is 537 g/mol. The Morgan fingerprint density at radius 2 is 0.854 bits per heavy atom. The first-order chi connectivity index (χ1) is 20.4. The van der Waals surface area contributed by atoms with Gasteiger partial charge in [-0.3, -0.25) is 0 Å². The minimum atomic E-state index is 1.24. The maximum atomic E-state index is 2.43. The van der Waals surface area contributed by atoms with Crippen LogP contribution in [0.15, 0.2) is 146 Å². The summed E-state index contributed by atoms with van der Waals surface area (Å²) in [6.45, 7) is 0. The molecule has 0 N–H and O–H groups in total. The van der Waals surface area contributed by atoms with E-state index in [9.17, 15) is 0 Å². The molecule has 41 heavy (non-hydrogen) atoms. The number of hydrogen-bond donors (Lipinski definition) is 0. The van der Waals surface area contributed by atoms with Gasteiger partial charge < -0.3 is 0 Å². The van der Waals surface area contributed by atoms with E-state index in [1.54, 1.807) is 0 Å². The van der Waals surface area contributed by atoms with E-state index >= 15 is 0 Å². The lowest BCUT2D eigenvalue weighted by Crippen LogP contribution is -1.93. The fraction of sp³-hybridized carbons (Fsp3) is 0. The summed E-state index contributed by atoms with van der Waals surface area (Å²) in [6, 6.07) is 53.6. The fourth-order valence-electron chi connectivity index (χ4n) is 6.96. The highest BCUT2D eigenvalue weighted by Crippen LogP contribution is 2.50. The van der Waals surface area contributed by atoms with Crippen molar-refractivity contribution in [2.24, 2.45) is 0 Å². The van der Waals surface area contributed by atoms with Crippen LogP contribution in [0, 0.1) is 0 Å². The van der Waals surface area contributed by atoms with E-state index in [4.69, 9.17) is 0 Å². The Kier molecular flexibility index (Phi) is 4.87. The number of fused-ring (bicyclic) bond motifs is 2. The van der Waals surface area contributed by atoms with Crippen LogP contribution in [0.25, 0.3) is 85.9 Å². The zero-order valence-electron chi connectivity index (χ0n) is 22.3. The molecule has 190 valence electrons. The van der Waals surface area contributed by atoms with Crippen molar-refractivity contribution in [3.05, 3.63) is 146 Å². The minimum Gasteiger partial charge on any atom is -0.135 e. The monoisotopic (exact) mass is 536 g/mol. The largest absolute Gasteiger partial charge is 0.135 e. The number of benzene rings is 8. The molecule has 0 saturated carbocycles. The molecule has 0 unspecified atom stereocenters. The average Bonchev–Trinajstić information content (AvgIpc) is 3.43. The van der Waals surface area contributed by atoms with E-state index in [0.29, 0.717) is 0 Å². The zero-order chi connectivity index (χ0) is 26.9. The lowest BCUT2D eigenvalue weighted by atomic mass is 9.82. The molecule has 0 bridgehead atoms. The van der Waals surface area contributed by atoms with Crippen molar-refractivity contribution in [3.8, 4) is 33.4 Å². The number of thiophene rings is 1.